The van der Waals surface area contributed by atoms with Crippen LogP contribution >= 0.6 is 27.3 Å². The topological polar surface area (TPSA) is 15.3 Å². The van der Waals surface area contributed by atoms with Crippen molar-refractivity contribution in [2.24, 2.45) is 0 Å². The van der Waals surface area contributed by atoms with Crippen LogP contribution in [0.4, 0.5) is 5.69 Å². The van der Waals surface area contributed by atoms with Gasteiger partial charge in [0.1, 0.15) is 0 Å². The molecule has 1 unspecified atom stereocenters. The second-order valence-corrected chi connectivity index (χ2v) is 8.51. The molecule has 2 heterocycles. The fourth-order valence-electron chi connectivity index (χ4n) is 2.84. The lowest BCUT2D eigenvalue weighted by Gasteiger charge is -2.34. The van der Waals surface area contributed by atoms with E-state index in [-0.39, 0.29) is 5.54 Å². The lowest BCUT2D eigenvalue weighted by atomic mass is 9.98. The van der Waals surface area contributed by atoms with E-state index in [2.05, 4.69) is 76.4 Å². The number of para-hydroxylation sites is 1. The molecule has 0 saturated heterocycles. The van der Waals surface area contributed by atoms with Crippen molar-refractivity contribution in [1.82, 2.24) is 5.32 Å². The summed E-state index contributed by atoms with van der Waals surface area (Å²) in [5.41, 5.74) is 2.92. The van der Waals surface area contributed by atoms with Crippen LogP contribution < -0.4 is 10.2 Å². The second kappa shape index (κ2) is 6.11. The third-order valence-corrected chi connectivity index (χ3v) is 5.94. The van der Waals surface area contributed by atoms with Gasteiger partial charge in [-0.2, -0.15) is 0 Å². The van der Waals surface area contributed by atoms with Gasteiger partial charge >= 0.3 is 0 Å². The Balaban J connectivity index is 1.93. The molecule has 0 bridgehead atoms. The van der Waals surface area contributed by atoms with E-state index in [0.717, 1.165) is 26.1 Å². The average Bonchev–Trinajstić information content (AvgIpc) is 2.83. The molecular weight excluding hydrogens is 344 g/mol. The molecule has 4 heteroatoms. The number of anilines is 1. The molecule has 0 aliphatic carbocycles. The van der Waals surface area contributed by atoms with Gasteiger partial charge in [0, 0.05) is 29.2 Å². The Bertz CT molecular complexity index is 625. The first-order valence-corrected chi connectivity index (χ1v) is 9.03. The van der Waals surface area contributed by atoms with Crippen molar-refractivity contribution in [3.05, 3.63) is 50.6 Å². The lowest BCUT2D eigenvalue weighted by Crippen LogP contribution is -2.48. The minimum absolute atomic E-state index is 0.160. The fourth-order valence-corrected chi connectivity index (χ4v) is 4.34. The normalized spacial score (nSPS) is 22.0. The highest BCUT2D eigenvalue weighted by atomic mass is 79.9. The number of hydrogen-bond donors (Lipinski definition) is 1. The molecule has 1 aromatic heterocycles. The highest BCUT2D eigenvalue weighted by Crippen LogP contribution is 2.31. The molecule has 1 aliphatic heterocycles. The van der Waals surface area contributed by atoms with Crippen molar-refractivity contribution in [2.45, 2.75) is 38.9 Å². The van der Waals surface area contributed by atoms with Crippen molar-refractivity contribution in [3.8, 4) is 0 Å². The number of nitrogens with one attached hydrogen (secondary N) is 1. The molecule has 1 atom stereocenters. The van der Waals surface area contributed by atoms with Crippen LogP contribution in [0.15, 0.2) is 40.2 Å². The summed E-state index contributed by atoms with van der Waals surface area (Å²) in [5, 5.41) is 3.74. The van der Waals surface area contributed by atoms with Crippen LogP contribution in [0.5, 0.6) is 0 Å². The zero-order valence-electron chi connectivity index (χ0n) is 12.5. The Hall–Kier alpha value is -0.840. The average molecular weight is 365 g/mol. The molecule has 2 aromatic rings. The van der Waals surface area contributed by atoms with Crippen molar-refractivity contribution in [1.29, 1.82) is 0 Å². The molecule has 1 N–H and O–H groups in total. The van der Waals surface area contributed by atoms with E-state index in [1.54, 1.807) is 0 Å². The van der Waals surface area contributed by atoms with Crippen LogP contribution in [0, 0.1) is 0 Å². The summed E-state index contributed by atoms with van der Waals surface area (Å²) in [7, 11) is 0. The van der Waals surface area contributed by atoms with Gasteiger partial charge in [-0.15, -0.1) is 11.3 Å². The van der Waals surface area contributed by atoms with Crippen LogP contribution in [0.1, 0.15) is 30.7 Å². The van der Waals surface area contributed by atoms with Gasteiger partial charge in [0.15, 0.2) is 0 Å². The van der Waals surface area contributed by atoms with Gasteiger partial charge in [-0.05, 0) is 53.0 Å². The smallest absolute Gasteiger partial charge is 0.0702 e. The van der Waals surface area contributed by atoms with Gasteiger partial charge in [-0.3, -0.25) is 0 Å². The Morgan fingerprint density at radius 3 is 2.81 bits per heavy atom. The molecular formula is C17H21BrN2S. The summed E-state index contributed by atoms with van der Waals surface area (Å²) in [5.74, 6) is 0. The third kappa shape index (κ3) is 3.33. The highest BCUT2D eigenvalue weighted by Gasteiger charge is 2.29. The molecule has 0 saturated carbocycles. The first-order valence-electron chi connectivity index (χ1n) is 7.42. The molecule has 2 nitrogen and oxygen atoms in total. The summed E-state index contributed by atoms with van der Waals surface area (Å²) < 4.78 is 1.21. The minimum atomic E-state index is 0.160. The second-order valence-electron chi connectivity index (χ2n) is 5.96. The van der Waals surface area contributed by atoms with Crippen LogP contribution in [0.3, 0.4) is 0 Å². The molecule has 0 radical (unpaired) electrons. The Morgan fingerprint density at radius 1 is 1.29 bits per heavy atom. The van der Waals surface area contributed by atoms with Crippen molar-refractivity contribution >= 4 is 33.0 Å². The van der Waals surface area contributed by atoms with E-state index >= 15 is 0 Å². The van der Waals surface area contributed by atoms with Gasteiger partial charge in [-0.1, -0.05) is 25.1 Å². The standard InChI is InChI=1S/C17H21BrN2S/c1-3-17(2)12-20(11-14-8-9-16(18)21-14)15-7-5-4-6-13(15)10-19-17/h4-9,19H,3,10-12H2,1-2H3. The molecule has 1 aliphatic rings. The SMILES string of the molecule is CCC1(C)CN(Cc2ccc(Br)s2)c2ccccc2CN1. The Labute approximate surface area is 139 Å². The summed E-state index contributed by atoms with van der Waals surface area (Å²) in [4.78, 5) is 3.92. The maximum absolute atomic E-state index is 3.74. The first-order chi connectivity index (χ1) is 10.1. The van der Waals surface area contributed by atoms with Gasteiger partial charge in [0.2, 0.25) is 0 Å². The number of halogens is 1. The van der Waals surface area contributed by atoms with E-state index in [1.807, 2.05) is 11.3 Å². The van der Waals surface area contributed by atoms with Gasteiger partial charge in [-0.25, -0.2) is 0 Å². The Morgan fingerprint density at radius 2 is 2.10 bits per heavy atom. The molecule has 0 spiro atoms. The minimum Gasteiger partial charge on any atom is -0.364 e. The van der Waals surface area contributed by atoms with Gasteiger partial charge in [0.25, 0.3) is 0 Å². The summed E-state index contributed by atoms with van der Waals surface area (Å²) in [6.45, 7) is 7.56. The predicted molar refractivity (Wildman–Crippen MR) is 95.0 cm³/mol. The van der Waals surface area contributed by atoms with E-state index < -0.39 is 0 Å². The molecule has 0 amide bonds. The summed E-state index contributed by atoms with van der Waals surface area (Å²) in [6.07, 6.45) is 1.13. The van der Waals surface area contributed by atoms with Crippen molar-refractivity contribution in [3.63, 3.8) is 0 Å². The molecule has 21 heavy (non-hydrogen) atoms. The zero-order valence-corrected chi connectivity index (χ0v) is 14.9. The van der Waals surface area contributed by atoms with E-state index in [4.69, 9.17) is 0 Å². The third-order valence-electron chi connectivity index (χ3n) is 4.33. The summed E-state index contributed by atoms with van der Waals surface area (Å²) in [6, 6.07) is 13.1. The molecule has 3 rings (SSSR count). The zero-order chi connectivity index (χ0) is 14.9. The number of thiophene rings is 1. The van der Waals surface area contributed by atoms with Crippen LogP contribution in [0.25, 0.3) is 0 Å². The van der Waals surface area contributed by atoms with Crippen molar-refractivity contribution in [2.75, 3.05) is 11.4 Å². The number of benzene rings is 1. The largest absolute Gasteiger partial charge is 0.364 e. The van der Waals surface area contributed by atoms with Crippen LogP contribution in [-0.2, 0) is 13.1 Å². The first kappa shape index (κ1) is 15.1. The van der Waals surface area contributed by atoms with E-state index in [1.165, 1.54) is 19.9 Å². The number of nitrogens with zero attached hydrogens (tertiary/aromatic N) is 1. The highest BCUT2D eigenvalue weighted by molar-refractivity contribution is 9.11. The van der Waals surface area contributed by atoms with E-state index in [0.29, 0.717) is 0 Å². The monoisotopic (exact) mass is 364 g/mol. The number of fused-ring (bicyclic) bond motifs is 1. The quantitative estimate of drug-likeness (QED) is 0.841. The molecule has 112 valence electrons. The number of hydrogen-bond acceptors (Lipinski definition) is 3. The molecule has 0 fully saturated rings. The van der Waals surface area contributed by atoms with Crippen LogP contribution in [-0.4, -0.2) is 12.1 Å². The van der Waals surface area contributed by atoms with E-state index in [9.17, 15) is 0 Å². The Kier molecular flexibility index (Phi) is 4.38. The lowest BCUT2D eigenvalue weighted by molar-refractivity contribution is 0.349. The molecule has 1 aromatic carbocycles. The maximum atomic E-state index is 3.74. The van der Waals surface area contributed by atoms with Crippen molar-refractivity contribution < 1.29 is 0 Å². The fraction of sp³-hybridized carbons (Fsp3) is 0.412. The maximum Gasteiger partial charge on any atom is 0.0702 e. The van der Waals surface area contributed by atoms with Gasteiger partial charge < -0.3 is 10.2 Å². The van der Waals surface area contributed by atoms with Gasteiger partial charge in [0.05, 0.1) is 10.3 Å². The summed E-state index contributed by atoms with van der Waals surface area (Å²) >= 11 is 5.39. The number of rotatable bonds is 3. The van der Waals surface area contributed by atoms with Crippen LogP contribution in [0.2, 0.25) is 0 Å². The predicted octanol–water partition coefficient (Wildman–Crippen LogP) is 4.79.